The number of ether oxygens (including phenoxy) is 1. The Bertz CT molecular complexity index is 511. The molecular formula is C10H13F2N5O3. The number of nitrogens with two attached hydrogens (primary N) is 1. The molecule has 5 atom stereocenters. The summed E-state index contributed by atoms with van der Waals surface area (Å²) >= 11 is 0. The van der Waals surface area contributed by atoms with E-state index in [1.165, 1.54) is 0 Å². The molecule has 0 aliphatic carbocycles. The molecule has 0 aromatic heterocycles. The number of hydrazone groups is 1. The number of aliphatic imine (C=N–C) groups is 2. The van der Waals surface area contributed by atoms with Gasteiger partial charge in [0.2, 0.25) is 0 Å². The maximum atomic E-state index is 14.1. The van der Waals surface area contributed by atoms with E-state index in [0.717, 1.165) is 5.01 Å². The Morgan fingerprint density at radius 2 is 2.25 bits per heavy atom. The number of fused-ring (bicyclic) bond motifs is 1. The molecular weight excluding hydrogens is 276 g/mol. The van der Waals surface area contributed by atoms with Crippen LogP contribution in [0.25, 0.3) is 0 Å². The first-order valence-corrected chi connectivity index (χ1v) is 6.03. The zero-order valence-electron chi connectivity index (χ0n) is 10.2. The minimum absolute atomic E-state index is 0.0816. The number of aliphatic hydroxyl groups excluding tert-OH is 2. The average molecular weight is 289 g/mol. The van der Waals surface area contributed by atoms with E-state index in [1.54, 1.807) is 0 Å². The monoisotopic (exact) mass is 289 g/mol. The molecule has 4 N–H and O–H groups in total. The van der Waals surface area contributed by atoms with E-state index in [2.05, 4.69) is 15.1 Å². The number of halogens is 2. The maximum absolute atomic E-state index is 14.1. The lowest BCUT2D eigenvalue weighted by Crippen LogP contribution is -2.50. The van der Waals surface area contributed by atoms with E-state index in [0.29, 0.717) is 0 Å². The molecule has 0 aromatic rings. The van der Waals surface area contributed by atoms with Crippen LogP contribution in [-0.2, 0) is 4.74 Å². The molecule has 3 heterocycles. The minimum atomic E-state index is -1.73. The molecule has 1 saturated heterocycles. The number of aliphatic hydroxyl groups is 2. The molecule has 0 amide bonds. The quantitative estimate of drug-likeness (QED) is 0.515. The molecule has 3 aliphatic rings. The van der Waals surface area contributed by atoms with Gasteiger partial charge in [0.25, 0.3) is 0 Å². The van der Waals surface area contributed by atoms with Crippen molar-refractivity contribution < 1.29 is 23.7 Å². The van der Waals surface area contributed by atoms with Gasteiger partial charge >= 0.3 is 6.09 Å². The van der Waals surface area contributed by atoms with Crippen LogP contribution in [0.1, 0.15) is 0 Å². The van der Waals surface area contributed by atoms with Crippen LogP contribution >= 0.6 is 0 Å². The summed E-state index contributed by atoms with van der Waals surface area (Å²) in [7, 11) is 0. The van der Waals surface area contributed by atoms with Crippen LogP contribution in [0.2, 0.25) is 0 Å². The van der Waals surface area contributed by atoms with Crippen LogP contribution < -0.4 is 5.73 Å². The molecule has 10 heteroatoms. The van der Waals surface area contributed by atoms with E-state index in [4.69, 9.17) is 15.6 Å². The van der Waals surface area contributed by atoms with Crippen molar-refractivity contribution in [3.8, 4) is 0 Å². The van der Waals surface area contributed by atoms with Crippen molar-refractivity contribution in [1.82, 2.24) is 5.01 Å². The first kappa shape index (κ1) is 13.3. The largest absolute Gasteiger partial charge is 0.394 e. The van der Waals surface area contributed by atoms with Gasteiger partial charge in [-0.25, -0.2) is 9.40 Å². The van der Waals surface area contributed by atoms with Crippen molar-refractivity contribution in [3.05, 3.63) is 0 Å². The van der Waals surface area contributed by atoms with Gasteiger partial charge in [0.15, 0.2) is 17.8 Å². The summed E-state index contributed by atoms with van der Waals surface area (Å²) in [5.74, 6) is 0.00167. The third-order valence-electron chi connectivity index (χ3n) is 3.50. The van der Waals surface area contributed by atoms with Crippen LogP contribution in [0, 0.1) is 0 Å². The normalized spacial score (nSPS) is 40.3. The van der Waals surface area contributed by atoms with Gasteiger partial charge in [0.1, 0.15) is 24.4 Å². The molecule has 0 aromatic carbocycles. The highest BCUT2D eigenvalue weighted by atomic mass is 19.1. The SMILES string of the molecule is NC1=NC(F)=NN2C1=NCC2[C@@H]1O[C@H](CO)[C@@H](O)[C@H]1F. The fourth-order valence-corrected chi connectivity index (χ4v) is 2.52. The average Bonchev–Trinajstić information content (AvgIpc) is 2.93. The fraction of sp³-hybridized carbons (Fsp3) is 0.700. The Hall–Kier alpha value is -1.65. The number of alkyl halides is 1. The Kier molecular flexibility index (Phi) is 3.15. The lowest BCUT2D eigenvalue weighted by molar-refractivity contribution is -0.0391. The van der Waals surface area contributed by atoms with Gasteiger partial charge in [-0.15, -0.1) is 5.10 Å². The van der Waals surface area contributed by atoms with Gasteiger partial charge in [0.05, 0.1) is 13.2 Å². The molecule has 110 valence electrons. The highest BCUT2D eigenvalue weighted by Gasteiger charge is 2.51. The van der Waals surface area contributed by atoms with E-state index in [-0.39, 0.29) is 18.2 Å². The number of nitrogens with zero attached hydrogens (tertiary/aromatic N) is 4. The first-order chi connectivity index (χ1) is 9.52. The summed E-state index contributed by atoms with van der Waals surface area (Å²) in [6.07, 6.45) is -6.35. The number of hydrogen-bond donors (Lipinski definition) is 3. The zero-order chi connectivity index (χ0) is 14.4. The molecule has 8 nitrogen and oxygen atoms in total. The van der Waals surface area contributed by atoms with E-state index >= 15 is 0 Å². The predicted octanol–water partition coefficient (Wildman–Crippen LogP) is -1.86. The van der Waals surface area contributed by atoms with Crippen molar-refractivity contribution in [2.24, 2.45) is 20.8 Å². The van der Waals surface area contributed by atoms with Crippen LogP contribution in [0.4, 0.5) is 8.78 Å². The lowest BCUT2D eigenvalue weighted by Gasteiger charge is -2.28. The van der Waals surface area contributed by atoms with Crippen LogP contribution in [-0.4, -0.2) is 76.7 Å². The molecule has 0 bridgehead atoms. The molecule has 3 aliphatic heterocycles. The van der Waals surface area contributed by atoms with Crippen LogP contribution in [0.5, 0.6) is 0 Å². The third-order valence-corrected chi connectivity index (χ3v) is 3.50. The van der Waals surface area contributed by atoms with Gasteiger partial charge in [-0.05, 0) is 0 Å². The summed E-state index contributed by atoms with van der Waals surface area (Å²) < 4.78 is 32.5. The van der Waals surface area contributed by atoms with Gasteiger partial charge < -0.3 is 20.7 Å². The van der Waals surface area contributed by atoms with Crippen LogP contribution in [0.15, 0.2) is 15.1 Å². The van der Waals surface area contributed by atoms with Gasteiger partial charge in [-0.2, -0.15) is 9.38 Å². The van der Waals surface area contributed by atoms with Crippen molar-refractivity contribution in [3.63, 3.8) is 0 Å². The molecule has 3 rings (SSSR count). The summed E-state index contributed by atoms with van der Waals surface area (Å²) in [5, 5.41) is 23.3. The standard InChI is InChI=1S/C10H13F2N5O3/c11-5-6(19)4(2-18)20-7(5)3-1-14-9-8(13)15-10(12)16-17(3)9/h3-7,18-19H,1-2H2,(H2,13,15,16)/t3?,4-,5-,6-,7+/m1/s1. The Morgan fingerprint density at radius 3 is 2.90 bits per heavy atom. The van der Waals surface area contributed by atoms with E-state index in [9.17, 15) is 13.9 Å². The second-order valence-corrected chi connectivity index (χ2v) is 4.70. The number of rotatable bonds is 2. The number of amidine groups is 3. The maximum Gasteiger partial charge on any atom is 0.327 e. The summed E-state index contributed by atoms with van der Waals surface area (Å²) in [5.41, 5.74) is 5.52. The summed E-state index contributed by atoms with van der Waals surface area (Å²) in [6.45, 7) is -0.433. The second kappa shape index (κ2) is 4.72. The topological polar surface area (TPSA) is 116 Å². The van der Waals surface area contributed by atoms with Crippen molar-refractivity contribution in [1.29, 1.82) is 0 Å². The zero-order valence-corrected chi connectivity index (χ0v) is 10.2. The Balaban J connectivity index is 1.82. The first-order valence-electron chi connectivity index (χ1n) is 6.03. The smallest absolute Gasteiger partial charge is 0.327 e. The summed E-state index contributed by atoms with van der Waals surface area (Å²) in [4.78, 5) is 7.36. The molecule has 1 unspecified atom stereocenters. The second-order valence-electron chi connectivity index (χ2n) is 4.70. The lowest BCUT2D eigenvalue weighted by atomic mass is 10.0. The predicted molar refractivity (Wildman–Crippen MR) is 64.7 cm³/mol. The summed E-state index contributed by atoms with van der Waals surface area (Å²) in [6, 6.07) is -0.744. The molecule has 0 radical (unpaired) electrons. The molecule has 0 saturated carbocycles. The fourth-order valence-electron chi connectivity index (χ4n) is 2.52. The molecule has 1 fully saturated rings. The Labute approximate surface area is 112 Å². The highest BCUT2D eigenvalue weighted by molar-refractivity contribution is 6.42. The van der Waals surface area contributed by atoms with Crippen molar-refractivity contribution >= 4 is 17.8 Å². The van der Waals surface area contributed by atoms with E-state index in [1.807, 2.05) is 0 Å². The van der Waals surface area contributed by atoms with Crippen molar-refractivity contribution in [2.75, 3.05) is 13.2 Å². The minimum Gasteiger partial charge on any atom is -0.394 e. The van der Waals surface area contributed by atoms with E-state index < -0.39 is 43.2 Å². The third kappa shape index (κ3) is 1.87. The van der Waals surface area contributed by atoms with Crippen molar-refractivity contribution in [2.45, 2.75) is 30.5 Å². The number of hydrogen-bond acceptors (Lipinski definition) is 8. The molecule has 20 heavy (non-hydrogen) atoms. The highest BCUT2D eigenvalue weighted by Crippen LogP contribution is 2.31. The Morgan fingerprint density at radius 1 is 1.50 bits per heavy atom. The molecule has 0 spiro atoms. The van der Waals surface area contributed by atoms with Gasteiger partial charge in [-0.1, -0.05) is 0 Å². The van der Waals surface area contributed by atoms with Gasteiger partial charge in [-0.3, -0.25) is 4.99 Å². The van der Waals surface area contributed by atoms with Gasteiger partial charge in [0, 0.05) is 0 Å². The van der Waals surface area contributed by atoms with Crippen LogP contribution in [0.3, 0.4) is 0 Å².